The summed E-state index contributed by atoms with van der Waals surface area (Å²) in [6, 6.07) is 15.7. The third-order valence-corrected chi connectivity index (χ3v) is 8.96. The van der Waals surface area contributed by atoms with Crippen molar-refractivity contribution in [2.24, 2.45) is 0 Å². The molecule has 2 aromatic rings. The highest BCUT2D eigenvalue weighted by atomic mass is 35.5. The molecule has 5 rings (SSSR count). The van der Waals surface area contributed by atoms with E-state index in [2.05, 4.69) is 9.80 Å². The molecule has 3 aliphatic heterocycles. The molecule has 2 aromatic carbocycles. The summed E-state index contributed by atoms with van der Waals surface area (Å²) >= 11 is 12.0. The van der Waals surface area contributed by atoms with Crippen LogP contribution < -0.4 is 0 Å². The van der Waals surface area contributed by atoms with Crippen molar-refractivity contribution >= 4 is 41.0 Å². The molecule has 0 spiro atoms. The molecular formula is C31H40Cl2N6O3. The van der Waals surface area contributed by atoms with Gasteiger partial charge in [0.1, 0.15) is 0 Å². The zero-order valence-corrected chi connectivity index (χ0v) is 25.6. The van der Waals surface area contributed by atoms with Crippen LogP contribution in [0.3, 0.4) is 0 Å². The summed E-state index contributed by atoms with van der Waals surface area (Å²) in [6.07, 6.45) is 0.659. The zero-order chi connectivity index (χ0) is 29.5. The van der Waals surface area contributed by atoms with Gasteiger partial charge in [-0.05, 0) is 35.4 Å². The highest BCUT2D eigenvalue weighted by molar-refractivity contribution is 6.30. The number of carbonyl (C=O) groups excluding carboxylic acids is 3. The van der Waals surface area contributed by atoms with Gasteiger partial charge in [0.15, 0.2) is 0 Å². The Hall–Kier alpha value is -2.85. The normalized spacial score (nSPS) is 18.7. The van der Waals surface area contributed by atoms with Crippen LogP contribution in [0.4, 0.5) is 4.79 Å². The molecule has 0 radical (unpaired) electrons. The van der Waals surface area contributed by atoms with Crippen molar-refractivity contribution < 1.29 is 14.4 Å². The van der Waals surface area contributed by atoms with Crippen LogP contribution in [0.2, 0.25) is 10.0 Å². The van der Waals surface area contributed by atoms with Gasteiger partial charge in [-0.25, -0.2) is 4.79 Å². The van der Waals surface area contributed by atoms with Crippen molar-refractivity contribution in [3.05, 3.63) is 69.7 Å². The van der Waals surface area contributed by atoms with E-state index in [0.717, 1.165) is 49.3 Å². The Balaban J connectivity index is 0.961. The van der Waals surface area contributed by atoms with Crippen molar-refractivity contribution in [2.75, 3.05) is 78.5 Å². The minimum absolute atomic E-state index is 0.0730. The molecular weight excluding hydrogens is 575 g/mol. The molecule has 11 heteroatoms. The molecule has 226 valence electrons. The van der Waals surface area contributed by atoms with Crippen LogP contribution in [-0.4, -0.2) is 126 Å². The van der Waals surface area contributed by atoms with E-state index in [1.165, 1.54) is 11.1 Å². The monoisotopic (exact) mass is 614 g/mol. The van der Waals surface area contributed by atoms with Crippen molar-refractivity contribution in [3.63, 3.8) is 0 Å². The fourth-order valence-electron chi connectivity index (χ4n) is 5.83. The Labute approximate surface area is 258 Å². The minimum Gasteiger partial charge on any atom is -0.340 e. The average molecular weight is 616 g/mol. The van der Waals surface area contributed by atoms with Crippen molar-refractivity contribution in [1.82, 2.24) is 29.4 Å². The van der Waals surface area contributed by atoms with E-state index < -0.39 is 0 Å². The number of urea groups is 1. The Kier molecular flexibility index (Phi) is 10.6. The largest absolute Gasteiger partial charge is 0.340 e. The smallest absolute Gasteiger partial charge is 0.320 e. The van der Waals surface area contributed by atoms with Gasteiger partial charge in [0, 0.05) is 115 Å². The zero-order valence-electron chi connectivity index (χ0n) is 24.1. The molecule has 0 saturated carbocycles. The number of nitrogens with zero attached hydrogens (tertiary/aromatic N) is 6. The predicted molar refractivity (Wildman–Crippen MR) is 164 cm³/mol. The highest BCUT2D eigenvalue weighted by Gasteiger charge is 2.30. The second-order valence-corrected chi connectivity index (χ2v) is 12.2. The third-order valence-electron chi connectivity index (χ3n) is 8.46. The molecule has 3 aliphatic rings. The average Bonchev–Trinajstić information content (AvgIpc) is 3.36. The number of carbonyl (C=O) groups is 3. The number of hydrogen-bond acceptors (Lipinski definition) is 5. The fraction of sp³-hybridized carbons (Fsp3) is 0.516. The standard InChI is InChI=1S/C31H40Cl2N6O3/c32-27-5-1-25(2-6-27)23-34-13-17-36(18-14-34)29(40)9-11-38-21-22-39(31(38)42)12-10-30(41)37-19-15-35(16-20-37)24-26-3-7-28(33)8-4-26/h1-8H,9-24H2. The molecule has 0 unspecified atom stereocenters. The van der Waals surface area contributed by atoms with Crippen molar-refractivity contribution in [2.45, 2.75) is 25.9 Å². The SMILES string of the molecule is O=C(CCN1CCN(CCC(=O)N2CCN(Cc3ccc(Cl)cc3)CC2)C1=O)N1CCN(Cc2ccc(Cl)cc2)CC1. The van der Waals surface area contributed by atoms with Crippen LogP contribution in [0, 0.1) is 0 Å². The lowest BCUT2D eigenvalue weighted by Crippen LogP contribution is -2.49. The van der Waals surface area contributed by atoms with E-state index in [-0.39, 0.29) is 17.8 Å². The molecule has 4 amide bonds. The van der Waals surface area contributed by atoms with E-state index >= 15 is 0 Å². The van der Waals surface area contributed by atoms with Crippen LogP contribution in [-0.2, 0) is 22.7 Å². The van der Waals surface area contributed by atoms with E-state index in [4.69, 9.17) is 23.2 Å². The summed E-state index contributed by atoms with van der Waals surface area (Å²) in [5.41, 5.74) is 2.43. The van der Waals surface area contributed by atoms with Crippen LogP contribution in [0.1, 0.15) is 24.0 Å². The highest BCUT2D eigenvalue weighted by Crippen LogP contribution is 2.16. The van der Waals surface area contributed by atoms with Crippen molar-refractivity contribution in [3.8, 4) is 0 Å². The minimum atomic E-state index is -0.0730. The number of halogens is 2. The maximum Gasteiger partial charge on any atom is 0.320 e. The summed E-state index contributed by atoms with van der Waals surface area (Å²) < 4.78 is 0. The summed E-state index contributed by atoms with van der Waals surface area (Å²) in [4.78, 5) is 50.6. The van der Waals surface area contributed by atoms with Crippen LogP contribution in [0.15, 0.2) is 48.5 Å². The molecule has 3 saturated heterocycles. The van der Waals surface area contributed by atoms with Gasteiger partial charge in [0.25, 0.3) is 0 Å². The summed E-state index contributed by atoms with van der Waals surface area (Å²) in [5, 5.41) is 1.47. The first-order valence-corrected chi connectivity index (χ1v) is 15.6. The van der Waals surface area contributed by atoms with Gasteiger partial charge in [-0.2, -0.15) is 0 Å². The predicted octanol–water partition coefficient (Wildman–Crippen LogP) is 3.50. The van der Waals surface area contributed by atoms with Gasteiger partial charge in [0.2, 0.25) is 11.8 Å². The van der Waals surface area contributed by atoms with Gasteiger partial charge in [0.05, 0.1) is 0 Å². The molecule has 0 atom stereocenters. The van der Waals surface area contributed by atoms with Gasteiger partial charge in [-0.3, -0.25) is 19.4 Å². The van der Waals surface area contributed by atoms with Crippen molar-refractivity contribution in [1.29, 1.82) is 0 Å². The van der Waals surface area contributed by atoms with Gasteiger partial charge in [-0.15, -0.1) is 0 Å². The molecule has 42 heavy (non-hydrogen) atoms. The number of rotatable bonds is 10. The molecule has 3 fully saturated rings. The van der Waals surface area contributed by atoms with Crippen LogP contribution in [0.5, 0.6) is 0 Å². The maximum atomic E-state index is 12.9. The Morgan fingerprint density at radius 3 is 1.26 bits per heavy atom. The number of amides is 4. The third kappa shape index (κ3) is 8.37. The van der Waals surface area contributed by atoms with E-state index in [1.54, 1.807) is 9.80 Å². The van der Waals surface area contributed by atoms with Gasteiger partial charge >= 0.3 is 6.03 Å². The number of piperazine rings is 2. The first kappa shape index (κ1) is 30.6. The Morgan fingerprint density at radius 1 is 0.548 bits per heavy atom. The maximum absolute atomic E-state index is 12.9. The lowest BCUT2D eigenvalue weighted by atomic mass is 10.2. The molecule has 3 heterocycles. The summed E-state index contributed by atoms with van der Waals surface area (Å²) in [6.45, 7) is 9.84. The Bertz CT molecular complexity index is 1120. The topological polar surface area (TPSA) is 70.7 Å². The first-order chi connectivity index (χ1) is 20.3. The van der Waals surface area contributed by atoms with E-state index in [0.29, 0.717) is 65.2 Å². The molecule has 0 aromatic heterocycles. The quantitative estimate of drug-likeness (QED) is 0.410. The number of benzene rings is 2. The number of hydrogen-bond donors (Lipinski definition) is 0. The lowest BCUT2D eigenvalue weighted by molar-refractivity contribution is -0.133. The van der Waals surface area contributed by atoms with E-state index in [9.17, 15) is 14.4 Å². The molecule has 0 N–H and O–H groups in total. The molecule has 0 aliphatic carbocycles. The second-order valence-electron chi connectivity index (χ2n) is 11.3. The van der Waals surface area contributed by atoms with E-state index in [1.807, 2.05) is 58.3 Å². The fourth-order valence-corrected chi connectivity index (χ4v) is 6.08. The Morgan fingerprint density at radius 2 is 0.905 bits per heavy atom. The molecule has 0 bridgehead atoms. The second kappa shape index (κ2) is 14.6. The first-order valence-electron chi connectivity index (χ1n) is 14.9. The molecule has 9 nitrogen and oxygen atoms in total. The van der Waals surface area contributed by atoms with Crippen LogP contribution in [0.25, 0.3) is 0 Å². The van der Waals surface area contributed by atoms with Gasteiger partial charge < -0.3 is 19.6 Å². The van der Waals surface area contributed by atoms with Gasteiger partial charge in [-0.1, -0.05) is 47.5 Å². The van der Waals surface area contributed by atoms with Crippen LogP contribution >= 0.6 is 23.2 Å². The summed E-state index contributed by atoms with van der Waals surface area (Å²) in [7, 11) is 0. The lowest BCUT2D eigenvalue weighted by Gasteiger charge is -2.35. The summed E-state index contributed by atoms with van der Waals surface area (Å²) in [5.74, 6) is 0.190.